The van der Waals surface area contributed by atoms with Gasteiger partial charge in [0.2, 0.25) is 5.91 Å². The first-order valence-electron chi connectivity index (χ1n) is 4.94. The summed E-state index contributed by atoms with van der Waals surface area (Å²) in [6, 6.07) is 1.80. The maximum atomic E-state index is 12.2. The van der Waals surface area contributed by atoms with Crippen molar-refractivity contribution in [3.8, 4) is 11.5 Å². The van der Waals surface area contributed by atoms with Crippen LogP contribution < -0.4 is 14.8 Å². The van der Waals surface area contributed by atoms with Crippen molar-refractivity contribution in [2.75, 3.05) is 12.4 Å². The minimum Gasteiger partial charge on any atom is -0.493 e. The number of nitro benzene ring substituents is 1. The van der Waals surface area contributed by atoms with Crippen LogP contribution in [0.3, 0.4) is 0 Å². The van der Waals surface area contributed by atoms with Crippen LogP contribution in [0.25, 0.3) is 0 Å². The predicted octanol–water partition coefficient (Wildman–Crippen LogP) is 2.16. The van der Waals surface area contributed by atoms with Crippen molar-refractivity contribution in [1.82, 2.24) is 0 Å². The van der Waals surface area contributed by atoms with Crippen molar-refractivity contribution >= 4 is 17.3 Å². The third-order valence-electron chi connectivity index (χ3n) is 2.01. The molecule has 0 saturated heterocycles. The Bertz CT molecular complexity index is 507. The number of alkyl halides is 2. The molecule has 1 aromatic rings. The number of amides is 1. The molecule has 0 aliphatic rings. The molecule has 1 amide bonds. The van der Waals surface area contributed by atoms with Gasteiger partial charge in [0.1, 0.15) is 5.69 Å². The number of nitrogens with zero attached hydrogens (tertiary/aromatic N) is 1. The molecule has 0 unspecified atom stereocenters. The van der Waals surface area contributed by atoms with Gasteiger partial charge in [0, 0.05) is 13.0 Å². The summed E-state index contributed by atoms with van der Waals surface area (Å²) in [6.45, 7) is -2.00. The Balaban J connectivity index is 3.33. The summed E-state index contributed by atoms with van der Waals surface area (Å²) in [6.07, 6.45) is 0. The quantitative estimate of drug-likeness (QED) is 0.657. The Kier molecular flexibility index (Phi) is 4.56. The number of anilines is 1. The Morgan fingerprint density at radius 1 is 1.42 bits per heavy atom. The van der Waals surface area contributed by atoms with Crippen LogP contribution in [0, 0.1) is 10.1 Å². The fourth-order valence-corrected chi connectivity index (χ4v) is 1.34. The number of hydrogen-bond donors (Lipinski definition) is 1. The van der Waals surface area contributed by atoms with Crippen LogP contribution >= 0.6 is 0 Å². The second kappa shape index (κ2) is 5.94. The van der Waals surface area contributed by atoms with Gasteiger partial charge in [-0.3, -0.25) is 14.9 Å². The first-order valence-corrected chi connectivity index (χ1v) is 4.94. The van der Waals surface area contributed by atoms with Crippen LogP contribution in [0.4, 0.5) is 20.2 Å². The molecule has 1 aromatic carbocycles. The van der Waals surface area contributed by atoms with E-state index >= 15 is 0 Å². The molecule has 104 valence electrons. The Morgan fingerprint density at radius 2 is 2.05 bits per heavy atom. The van der Waals surface area contributed by atoms with Crippen molar-refractivity contribution in [2.24, 2.45) is 0 Å². The first-order chi connectivity index (χ1) is 8.85. The number of nitro groups is 1. The van der Waals surface area contributed by atoms with Crippen molar-refractivity contribution in [1.29, 1.82) is 0 Å². The third-order valence-corrected chi connectivity index (χ3v) is 2.01. The van der Waals surface area contributed by atoms with E-state index in [1.54, 1.807) is 0 Å². The summed E-state index contributed by atoms with van der Waals surface area (Å²) in [5, 5.41) is 13.0. The van der Waals surface area contributed by atoms with Gasteiger partial charge in [-0.1, -0.05) is 0 Å². The molecule has 0 spiro atoms. The van der Waals surface area contributed by atoms with Gasteiger partial charge in [-0.05, 0) is 0 Å². The van der Waals surface area contributed by atoms with Crippen molar-refractivity contribution in [3.63, 3.8) is 0 Å². The van der Waals surface area contributed by atoms with Gasteiger partial charge in [0.25, 0.3) is 5.69 Å². The van der Waals surface area contributed by atoms with Crippen molar-refractivity contribution in [2.45, 2.75) is 13.5 Å². The molecular formula is C10H10F2N2O5. The first kappa shape index (κ1) is 14.6. The molecule has 7 nitrogen and oxygen atoms in total. The number of carbonyl (C=O) groups excluding carboxylic acids is 1. The lowest BCUT2D eigenvalue weighted by atomic mass is 10.2. The third kappa shape index (κ3) is 3.76. The molecule has 0 aliphatic heterocycles. The highest BCUT2D eigenvalue weighted by molar-refractivity contribution is 5.92. The van der Waals surface area contributed by atoms with Crippen LogP contribution in [0.5, 0.6) is 11.5 Å². The average Bonchev–Trinajstić information content (AvgIpc) is 2.27. The zero-order valence-corrected chi connectivity index (χ0v) is 9.98. The fourth-order valence-electron chi connectivity index (χ4n) is 1.34. The number of benzene rings is 1. The van der Waals surface area contributed by atoms with Gasteiger partial charge >= 0.3 is 6.61 Å². The van der Waals surface area contributed by atoms with E-state index in [-0.39, 0.29) is 11.4 Å². The van der Waals surface area contributed by atoms with Crippen LogP contribution in [0.1, 0.15) is 6.92 Å². The van der Waals surface area contributed by atoms with Crippen LogP contribution in [-0.4, -0.2) is 24.6 Å². The van der Waals surface area contributed by atoms with Crippen LogP contribution in [0.2, 0.25) is 0 Å². The smallest absolute Gasteiger partial charge is 0.387 e. The number of hydrogen-bond acceptors (Lipinski definition) is 5. The lowest BCUT2D eigenvalue weighted by molar-refractivity contribution is -0.384. The molecule has 0 saturated carbocycles. The molecule has 0 heterocycles. The lowest BCUT2D eigenvalue weighted by Gasteiger charge is -2.12. The number of nitrogens with one attached hydrogen (secondary N) is 1. The molecule has 0 aromatic heterocycles. The van der Waals surface area contributed by atoms with E-state index < -0.39 is 28.9 Å². The second-order valence-electron chi connectivity index (χ2n) is 3.34. The van der Waals surface area contributed by atoms with Gasteiger partial charge in [-0.15, -0.1) is 0 Å². The van der Waals surface area contributed by atoms with E-state index in [1.807, 2.05) is 0 Å². The Morgan fingerprint density at radius 3 is 2.47 bits per heavy atom. The summed E-state index contributed by atoms with van der Waals surface area (Å²) in [5.41, 5.74) is -0.748. The molecule has 0 fully saturated rings. The van der Waals surface area contributed by atoms with Crippen LogP contribution in [-0.2, 0) is 4.79 Å². The molecular weight excluding hydrogens is 266 g/mol. The summed E-state index contributed by atoms with van der Waals surface area (Å²) in [4.78, 5) is 21.0. The van der Waals surface area contributed by atoms with E-state index in [0.29, 0.717) is 0 Å². The fraction of sp³-hybridized carbons (Fsp3) is 0.300. The highest BCUT2D eigenvalue weighted by Crippen LogP contribution is 2.38. The van der Waals surface area contributed by atoms with Gasteiger partial charge in [0.05, 0.1) is 18.1 Å². The zero-order chi connectivity index (χ0) is 14.6. The number of halogens is 2. The highest BCUT2D eigenvalue weighted by atomic mass is 19.3. The predicted molar refractivity (Wildman–Crippen MR) is 60.6 cm³/mol. The minimum atomic E-state index is -3.12. The maximum Gasteiger partial charge on any atom is 0.387 e. The van der Waals surface area contributed by atoms with E-state index in [1.165, 1.54) is 0 Å². The van der Waals surface area contributed by atoms with E-state index in [0.717, 1.165) is 26.2 Å². The summed E-state index contributed by atoms with van der Waals surface area (Å²) < 4.78 is 33.3. The topological polar surface area (TPSA) is 90.7 Å². The summed E-state index contributed by atoms with van der Waals surface area (Å²) in [5.74, 6) is -1.23. The number of methoxy groups -OCH3 is 1. The Labute approximate surface area is 106 Å². The normalized spacial score (nSPS) is 10.2. The van der Waals surface area contributed by atoms with Gasteiger partial charge in [0.15, 0.2) is 11.5 Å². The summed E-state index contributed by atoms with van der Waals surface area (Å²) in [7, 11) is 1.15. The second-order valence-corrected chi connectivity index (χ2v) is 3.34. The standard InChI is InChI=1S/C10H10F2N2O5/c1-5(15)13-6-3-9(19-10(11)12)8(18-2)4-7(6)14(16)17/h3-4,10H,1-2H3,(H,13,15). The molecule has 1 rings (SSSR count). The summed E-state index contributed by atoms with van der Waals surface area (Å²) >= 11 is 0. The monoisotopic (exact) mass is 276 g/mol. The van der Waals surface area contributed by atoms with Gasteiger partial charge in [-0.25, -0.2) is 0 Å². The van der Waals surface area contributed by atoms with E-state index in [2.05, 4.69) is 10.1 Å². The van der Waals surface area contributed by atoms with Gasteiger partial charge in [-0.2, -0.15) is 8.78 Å². The Hall–Kier alpha value is -2.45. The number of carbonyl (C=O) groups is 1. The zero-order valence-electron chi connectivity index (χ0n) is 9.98. The average molecular weight is 276 g/mol. The SMILES string of the molecule is COc1cc([N+](=O)[O-])c(NC(C)=O)cc1OC(F)F. The molecule has 9 heteroatoms. The highest BCUT2D eigenvalue weighted by Gasteiger charge is 2.22. The van der Waals surface area contributed by atoms with E-state index in [4.69, 9.17) is 4.74 Å². The molecule has 0 radical (unpaired) electrons. The molecule has 1 N–H and O–H groups in total. The number of ether oxygens (including phenoxy) is 2. The van der Waals surface area contributed by atoms with Crippen molar-refractivity contribution < 1.29 is 28.0 Å². The molecule has 0 bridgehead atoms. The molecule has 19 heavy (non-hydrogen) atoms. The van der Waals surface area contributed by atoms with Crippen LogP contribution in [0.15, 0.2) is 12.1 Å². The lowest BCUT2D eigenvalue weighted by Crippen LogP contribution is -2.10. The van der Waals surface area contributed by atoms with E-state index in [9.17, 15) is 23.7 Å². The maximum absolute atomic E-state index is 12.2. The van der Waals surface area contributed by atoms with Gasteiger partial charge < -0.3 is 14.8 Å². The molecule has 0 atom stereocenters. The van der Waals surface area contributed by atoms with Crippen molar-refractivity contribution in [3.05, 3.63) is 22.2 Å². The largest absolute Gasteiger partial charge is 0.493 e. The number of rotatable bonds is 5. The molecule has 0 aliphatic carbocycles. The minimum absolute atomic E-state index is 0.235.